The van der Waals surface area contributed by atoms with Crippen LogP contribution in [0.5, 0.6) is 17.2 Å². The number of para-hydroxylation sites is 6. The zero-order valence-electron chi connectivity index (χ0n) is 20.2. The number of benzene rings is 3. The Morgan fingerprint density at radius 2 is 0.857 bits per heavy atom. The van der Waals surface area contributed by atoms with Gasteiger partial charge in [0.25, 0.3) is 0 Å². The van der Waals surface area contributed by atoms with E-state index >= 15 is 0 Å². The van der Waals surface area contributed by atoms with Crippen molar-refractivity contribution in [3.05, 3.63) is 72.8 Å². The van der Waals surface area contributed by atoms with Gasteiger partial charge >= 0.3 is 0 Å². The molecule has 0 amide bonds. The van der Waals surface area contributed by atoms with Crippen molar-refractivity contribution in [3.63, 3.8) is 0 Å². The summed E-state index contributed by atoms with van der Waals surface area (Å²) < 4.78 is 0. The fourth-order valence-electron chi connectivity index (χ4n) is 4.68. The second kappa shape index (κ2) is 12.2. The number of hydrogen-bond acceptors (Lipinski definition) is 7. The minimum Gasteiger partial charge on any atom is -0.506 e. The van der Waals surface area contributed by atoms with E-state index in [1.165, 1.54) is 0 Å². The largest absolute Gasteiger partial charge is 0.506 e. The number of nitrogens with one attached hydrogen (secondary N) is 1. The third-order valence-corrected chi connectivity index (χ3v) is 6.50. The average Bonchev–Trinajstić information content (AvgIpc) is 2.86. The van der Waals surface area contributed by atoms with Crippen molar-refractivity contribution in [1.29, 1.82) is 0 Å². The molecule has 1 heterocycles. The van der Waals surface area contributed by atoms with E-state index in [0.717, 1.165) is 75.7 Å². The van der Waals surface area contributed by atoms with Gasteiger partial charge in [-0.1, -0.05) is 36.4 Å². The van der Waals surface area contributed by atoms with Crippen LogP contribution in [0.15, 0.2) is 72.8 Å². The minimum absolute atomic E-state index is 0.268. The molecule has 3 aromatic rings. The van der Waals surface area contributed by atoms with Crippen LogP contribution < -0.4 is 20.0 Å². The molecule has 0 saturated carbocycles. The smallest absolute Gasteiger partial charge is 0.138 e. The van der Waals surface area contributed by atoms with Gasteiger partial charge in [0.15, 0.2) is 0 Å². The van der Waals surface area contributed by atoms with Crippen LogP contribution in [0.1, 0.15) is 12.8 Å². The molecule has 35 heavy (non-hydrogen) atoms. The molecule has 3 aromatic carbocycles. The molecule has 0 radical (unpaired) electrons. The quantitative estimate of drug-likeness (QED) is 0.455. The lowest BCUT2D eigenvalue weighted by atomic mass is 10.2. The number of phenolic OH excluding ortho intramolecular Hbond substituents is 3. The third-order valence-electron chi connectivity index (χ3n) is 6.50. The van der Waals surface area contributed by atoms with Gasteiger partial charge in [0.2, 0.25) is 0 Å². The van der Waals surface area contributed by atoms with Crippen molar-refractivity contribution in [2.45, 2.75) is 12.8 Å². The van der Waals surface area contributed by atoms with E-state index in [1.807, 2.05) is 54.6 Å². The number of nitrogens with zero attached hydrogens (tertiary/aromatic N) is 3. The van der Waals surface area contributed by atoms with E-state index in [9.17, 15) is 15.3 Å². The minimum atomic E-state index is 0.268. The molecule has 1 aliphatic heterocycles. The van der Waals surface area contributed by atoms with Crippen molar-refractivity contribution < 1.29 is 15.3 Å². The maximum Gasteiger partial charge on any atom is 0.138 e. The van der Waals surface area contributed by atoms with Crippen molar-refractivity contribution in [2.75, 3.05) is 67.1 Å². The second-order valence-corrected chi connectivity index (χ2v) is 8.88. The van der Waals surface area contributed by atoms with Gasteiger partial charge in [-0.2, -0.15) is 0 Å². The van der Waals surface area contributed by atoms with Gasteiger partial charge in [-0.3, -0.25) is 0 Å². The Balaban J connectivity index is 1.55. The Hall–Kier alpha value is -3.58. The molecule has 0 aromatic heterocycles. The van der Waals surface area contributed by atoms with E-state index in [1.54, 1.807) is 18.2 Å². The van der Waals surface area contributed by atoms with Gasteiger partial charge in [-0.25, -0.2) is 0 Å². The summed E-state index contributed by atoms with van der Waals surface area (Å²) in [5.41, 5.74) is 2.50. The van der Waals surface area contributed by atoms with Gasteiger partial charge in [0, 0.05) is 45.8 Å². The Morgan fingerprint density at radius 3 is 1.31 bits per heavy atom. The van der Waals surface area contributed by atoms with Crippen molar-refractivity contribution in [3.8, 4) is 17.2 Å². The molecule has 1 aliphatic rings. The standard InChI is InChI=1S/C28H36N4O3/c33-26-12-4-1-9-23(26)30-18-8-19-32(25-11-3-6-14-28(25)35)22-21-31(17-7-15-29-16-20-30)24-10-2-5-13-27(24)34/h1-6,9-14,29,33-35H,7-8,15-22H2. The Kier molecular flexibility index (Phi) is 8.57. The molecule has 7 heteroatoms. The highest BCUT2D eigenvalue weighted by molar-refractivity contribution is 5.60. The summed E-state index contributed by atoms with van der Waals surface area (Å²) in [5, 5.41) is 35.0. The van der Waals surface area contributed by atoms with E-state index in [0.29, 0.717) is 12.3 Å². The SMILES string of the molecule is Oc1ccccc1N1CCCN(c2ccccc2O)CCN(c2ccccc2O)CCCNCC1. The van der Waals surface area contributed by atoms with Crippen LogP contribution in [0.3, 0.4) is 0 Å². The van der Waals surface area contributed by atoms with Gasteiger partial charge in [-0.05, 0) is 55.8 Å². The third kappa shape index (κ3) is 6.51. The number of aromatic hydroxyl groups is 3. The first-order valence-corrected chi connectivity index (χ1v) is 12.4. The first kappa shape index (κ1) is 24.5. The predicted molar refractivity (Wildman–Crippen MR) is 143 cm³/mol. The van der Waals surface area contributed by atoms with E-state index in [4.69, 9.17) is 0 Å². The molecule has 4 rings (SSSR count). The molecule has 0 aliphatic carbocycles. The van der Waals surface area contributed by atoms with Crippen LogP contribution in [-0.2, 0) is 0 Å². The zero-order valence-corrected chi connectivity index (χ0v) is 20.2. The van der Waals surface area contributed by atoms with Gasteiger partial charge in [0.05, 0.1) is 17.1 Å². The highest BCUT2D eigenvalue weighted by Gasteiger charge is 2.17. The van der Waals surface area contributed by atoms with Gasteiger partial charge in [-0.15, -0.1) is 0 Å². The first-order valence-electron chi connectivity index (χ1n) is 12.4. The monoisotopic (exact) mass is 476 g/mol. The first-order chi connectivity index (χ1) is 17.1. The normalized spacial score (nSPS) is 16.6. The lowest BCUT2D eigenvalue weighted by Crippen LogP contribution is -2.40. The number of anilines is 3. The van der Waals surface area contributed by atoms with Crippen LogP contribution in [0, 0.1) is 0 Å². The summed E-state index contributed by atoms with van der Waals surface area (Å²) in [4.78, 5) is 6.67. The Bertz CT molecular complexity index is 1080. The Labute approximate surface area is 207 Å². The second-order valence-electron chi connectivity index (χ2n) is 8.88. The number of rotatable bonds is 3. The number of phenols is 3. The maximum atomic E-state index is 10.6. The molecule has 0 spiro atoms. The molecule has 1 saturated heterocycles. The summed E-state index contributed by atoms with van der Waals surface area (Å²) in [6.07, 6.45) is 1.79. The maximum absolute atomic E-state index is 10.6. The molecule has 1 fully saturated rings. The number of hydrogen-bond donors (Lipinski definition) is 4. The molecule has 0 atom stereocenters. The van der Waals surface area contributed by atoms with Gasteiger partial charge < -0.3 is 35.3 Å². The molecule has 0 bridgehead atoms. The topological polar surface area (TPSA) is 82.4 Å². The van der Waals surface area contributed by atoms with Crippen LogP contribution >= 0.6 is 0 Å². The van der Waals surface area contributed by atoms with Crippen LogP contribution in [0.2, 0.25) is 0 Å². The summed E-state index contributed by atoms with van der Waals surface area (Å²) >= 11 is 0. The summed E-state index contributed by atoms with van der Waals surface area (Å²) in [7, 11) is 0. The van der Waals surface area contributed by atoms with Crippen LogP contribution in [0.4, 0.5) is 17.1 Å². The molecular weight excluding hydrogens is 440 g/mol. The Morgan fingerprint density at radius 1 is 0.457 bits per heavy atom. The van der Waals surface area contributed by atoms with Crippen LogP contribution in [-0.4, -0.2) is 67.7 Å². The van der Waals surface area contributed by atoms with Crippen molar-refractivity contribution in [2.24, 2.45) is 0 Å². The molecule has 0 unspecified atom stereocenters. The highest BCUT2D eigenvalue weighted by Crippen LogP contribution is 2.30. The fourth-order valence-corrected chi connectivity index (χ4v) is 4.68. The summed E-state index contributed by atoms with van der Waals surface area (Å²) in [5.74, 6) is 0.850. The summed E-state index contributed by atoms with van der Waals surface area (Å²) in [6.45, 7) is 6.23. The molecular formula is C28H36N4O3. The zero-order chi connectivity index (χ0) is 24.5. The lowest BCUT2D eigenvalue weighted by molar-refractivity contribution is 0.469. The predicted octanol–water partition coefficient (Wildman–Crippen LogP) is 4.01. The lowest BCUT2D eigenvalue weighted by Gasteiger charge is -2.33. The van der Waals surface area contributed by atoms with Crippen molar-refractivity contribution in [1.82, 2.24) is 5.32 Å². The fraction of sp³-hybridized carbons (Fsp3) is 0.357. The molecule has 7 nitrogen and oxygen atoms in total. The van der Waals surface area contributed by atoms with E-state index in [2.05, 4.69) is 20.0 Å². The van der Waals surface area contributed by atoms with Gasteiger partial charge in [0.1, 0.15) is 17.2 Å². The molecule has 4 N–H and O–H groups in total. The van der Waals surface area contributed by atoms with Crippen LogP contribution in [0.25, 0.3) is 0 Å². The highest BCUT2D eigenvalue weighted by atomic mass is 16.3. The van der Waals surface area contributed by atoms with Crippen molar-refractivity contribution >= 4 is 17.1 Å². The van der Waals surface area contributed by atoms with E-state index in [-0.39, 0.29) is 11.5 Å². The van der Waals surface area contributed by atoms with E-state index < -0.39 is 0 Å². The molecule has 186 valence electrons. The summed E-state index contributed by atoms with van der Waals surface area (Å²) in [6, 6.07) is 22.4. The average molecular weight is 477 g/mol.